The summed E-state index contributed by atoms with van der Waals surface area (Å²) in [7, 11) is 1.70. The molecule has 1 aromatic carbocycles. The first-order valence-corrected chi connectivity index (χ1v) is 8.85. The second-order valence-electron chi connectivity index (χ2n) is 5.75. The largest absolute Gasteiger partial charge is 0.360 e. The van der Waals surface area contributed by atoms with E-state index < -0.39 is 5.82 Å². The van der Waals surface area contributed by atoms with Crippen LogP contribution < -0.4 is 0 Å². The van der Waals surface area contributed by atoms with Crippen LogP contribution in [0.3, 0.4) is 0 Å². The summed E-state index contributed by atoms with van der Waals surface area (Å²) in [5.41, 5.74) is 1.55. The van der Waals surface area contributed by atoms with Gasteiger partial charge in [0.15, 0.2) is 0 Å². The summed E-state index contributed by atoms with van der Waals surface area (Å²) in [5, 5.41) is 6.05. The zero-order valence-corrected chi connectivity index (χ0v) is 15.5. The minimum Gasteiger partial charge on any atom is -0.360 e. The fourth-order valence-corrected chi connectivity index (χ4v) is 3.77. The van der Waals surface area contributed by atoms with E-state index in [9.17, 15) is 9.18 Å². The van der Waals surface area contributed by atoms with Crippen molar-refractivity contribution >= 4 is 28.8 Å². The number of aromatic nitrogens is 1. The number of rotatable bonds is 4. The van der Waals surface area contributed by atoms with Crippen LogP contribution in [0.25, 0.3) is 11.3 Å². The number of amides is 1. The molecule has 0 saturated carbocycles. The number of hydrogen-bond donors (Lipinski definition) is 0. The summed E-state index contributed by atoms with van der Waals surface area (Å²) >= 11 is 7.71. The molecule has 0 bridgehead atoms. The van der Waals surface area contributed by atoms with E-state index in [-0.39, 0.29) is 27.8 Å². The molecule has 0 aliphatic carbocycles. The summed E-state index contributed by atoms with van der Waals surface area (Å²) in [4.78, 5) is 15.6. The molecular weight excluding hydrogens is 363 g/mol. The Balaban J connectivity index is 1.99. The molecule has 0 aliphatic heterocycles. The second kappa shape index (κ2) is 6.98. The van der Waals surface area contributed by atoms with E-state index in [1.54, 1.807) is 36.3 Å². The van der Waals surface area contributed by atoms with Gasteiger partial charge in [-0.1, -0.05) is 22.8 Å². The van der Waals surface area contributed by atoms with Crippen LogP contribution in [0, 0.1) is 19.7 Å². The van der Waals surface area contributed by atoms with Crippen LogP contribution in [0.15, 0.2) is 34.2 Å². The van der Waals surface area contributed by atoms with Crippen LogP contribution >= 0.6 is 22.9 Å². The molecule has 2 aromatic heterocycles. The standard InChI is InChI=1S/C18H16ClFN2O2S/c1-10-7-8-25-14(10)9-22(3)18(23)15-11(2)24-21-17(15)16-12(19)5-4-6-13(16)20/h4-8H,9H2,1-3H3. The number of carbonyl (C=O) groups is 1. The maximum Gasteiger partial charge on any atom is 0.259 e. The van der Waals surface area contributed by atoms with Crippen molar-refractivity contribution in [2.45, 2.75) is 20.4 Å². The van der Waals surface area contributed by atoms with E-state index in [4.69, 9.17) is 16.1 Å². The molecule has 0 unspecified atom stereocenters. The summed E-state index contributed by atoms with van der Waals surface area (Å²) in [5.74, 6) is -0.512. The molecule has 0 saturated heterocycles. The number of halogens is 2. The van der Waals surface area contributed by atoms with Crippen molar-refractivity contribution in [3.05, 3.63) is 62.2 Å². The maximum atomic E-state index is 14.3. The first-order chi connectivity index (χ1) is 11.9. The normalized spacial score (nSPS) is 10.9. The SMILES string of the molecule is Cc1ccsc1CN(C)C(=O)c1c(-c2c(F)cccc2Cl)noc1C. The van der Waals surface area contributed by atoms with E-state index in [2.05, 4.69) is 5.16 Å². The van der Waals surface area contributed by atoms with Gasteiger partial charge >= 0.3 is 0 Å². The van der Waals surface area contributed by atoms with E-state index in [0.717, 1.165) is 10.4 Å². The van der Waals surface area contributed by atoms with Crippen molar-refractivity contribution in [1.82, 2.24) is 10.1 Å². The zero-order chi connectivity index (χ0) is 18.1. The van der Waals surface area contributed by atoms with Crippen molar-refractivity contribution in [3.8, 4) is 11.3 Å². The number of nitrogens with zero attached hydrogens (tertiary/aromatic N) is 2. The second-order valence-corrected chi connectivity index (χ2v) is 7.15. The predicted molar refractivity (Wildman–Crippen MR) is 96.5 cm³/mol. The highest BCUT2D eigenvalue weighted by Gasteiger charge is 2.27. The molecular formula is C18H16ClFN2O2S. The minimum atomic E-state index is -0.549. The molecule has 2 heterocycles. The Bertz CT molecular complexity index is 915. The third kappa shape index (κ3) is 3.32. The van der Waals surface area contributed by atoms with Gasteiger partial charge in [-0.05, 0) is 43.0 Å². The van der Waals surface area contributed by atoms with Gasteiger partial charge in [-0.25, -0.2) is 4.39 Å². The van der Waals surface area contributed by atoms with Gasteiger partial charge in [0.2, 0.25) is 0 Å². The van der Waals surface area contributed by atoms with Crippen LogP contribution in [-0.2, 0) is 6.54 Å². The van der Waals surface area contributed by atoms with Crippen molar-refractivity contribution < 1.29 is 13.7 Å². The van der Waals surface area contributed by atoms with Crippen LogP contribution in [0.1, 0.15) is 26.6 Å². The molecule has 25 heavy (non-hydrogen) atoms. The van der Waals surface area contributed by atoms with Crippen LogP contribution in [0.2, 0.25) is 5.02 Å². The van der Waals surface area contributed by atoms with Crippen molar-refractivity contribution in [2.24, 2.45) is 0 Å². The smallest absolute Gasteiger partial charge is 0.259 e. The van der Waals surface area contributed by atoms with Gasteiger partial charge in [0.05, 0.1) is 17.1 Å². The molecule has 4 nitrogen and oxygen atoms in total. The highest BCUT2D eigenvalue weighted by atomic mass is 35.5. The number of aryl methyl sites for hydroxylation is 2. The molecule has 0 atom stereocenters. The molecule has 0 N–H and O–H groups in total. The topological polar surface area (TPSA) is 46.3 Å². The monoisotopic (exact) mass is 378 g/mol. The van der Waals surface area contributed by atoms with Gasteiger partial charge in [0, 0.05) is 11.9 Å². The molecule has 0 spiro atoms. The Kier molecular flexibility index (Phi) is 4.92. The maximum absolute atomic E-state index is 14.3. The molecule has 0 aliphatic rings. The molecule has 0 radical (unpaired) electrons. The van der Waals surface area contributed by atoms with Crippen molar-refractivity contribution in [3.63, 3.8) is 0 Å². The van der Waals surface area contributed by atoms with E-state index in [1.807, 2.05) is 18.4 Å². The third-order valence-corrected chi connectivity index (χ3v) is 5.29. The van der Waals surface area contributed by atoms with Gasteiger partial charge in [-0.2, -0.15) is 0 Å². The summed E-state index contributed by atoms with van der Waals surface area (Å²) in [6, 6.07) is 6.34. The number of hydrogen-bond acceptors (Lipinski definition) is 4. The third-order valence-electron chi connectivity index (χ3n) is 3.97. The lowest BCUT2D eigenvalue weighted by Gasteiger charge is -2.17. The van der Waals surface area contributed by atoms with Gasteiger partial charge in [-0.15, -0.1) is 11.3 Å². The van der Waals surface area contributed by atoms with Gasteiger partial charge < -0.3 is 9.42 Å². The van der Waals surface area contributed by atoms with E-state index >= 15 is 0 Å². The van der Waals surface area contributed by atoms with Crippen LogP contribution in [0.5, 0.6) is 0 Å². The fourth-order valence-electron chi connectivity index (χ4n) is 2.56. The van der Waals surface area contributed by atoms with Gasteiger partial charge in [0.1, 0.15) is 22.8 Å². The first-order valence-electron chi connectivity index (χ1n) is 7.59. The Morgan fingerprint density at radius 1 is 1.36 bits per heavy atom. The molecule has 130 valence electrons. The minimum absolute atomic E-state index is 0.0741. The lowest BCUT2D eigenvalue weighted by Crippen LogP contribution is -2.26. The first kappa shape index (κ1) is 17.6. The Labute approximate surface area is 153 Å². The summed E-state index contributed by atoms with van der Waals surface area (Å²) < 4.78 is 19.4. The molecule has 7 heteroatoms. The molecule has 1 amide bonds. The van der Waals surface area contributed by atoms with Crippen LogP contribution in [0.4, 0.5) is 4.39 Å². The average Bonchev–Trinajstić information content (AvgIpc) is 3.13. The van der Waals surface area contributed by atoms with E-state index in [0.29, 0.717) is 12.3 Å². The predicted octanol–water partition coefficient (Wildman–Crippen LogP) is 5.08. The quantitative estimate of drug-likeness (QED) is 0.635. The lowest BCUT2D eigenvalue weighted by molar-refractivity contribution is 0.0785. The Morgan fingerprint density at radius 3 is 2.76 bits per heavy atom. The highest BCUT2D eigenvalue weighted by molar-refractivity contribution is 7.10. The Morgan fingerprint density at radius 2 is 2.12 bits per heavy atom. The zero-order valence-electron chi connectivity index (χ0n) is 14.0. The Hall–Kier alpha value is -2.18. The van der Waals surface area contributed by atoms with Crippen molar-refractivity contribution in [1.29, 1.82) is 0 Å². The number of benzene rings is 1. The van der Waals surface area contributed by atoms with Gasteiger partial charge in [0.25, 0.3) is 5.91 Å². The summed E-state index contributed by atoms with van der Waals surface area (Å²) in [6.45, 7) is 4.08. The number of thiophene rings is 1. The van der Waals surface area contributed by atoms with Crippen LogP contribution in [-0.4, -0.2) is 23.0 Å². The lowest BCUT2D eigenvalue weighted by atomic mass is 10.0. The van der Waals surface area contributed by atoms with E-state index in [1.165, 1.54) is 12.1 Å². The fraction of sp³-hybridized carbons (Fsp3) is 0.222. The average molecular weight is 379 g/mol. The number of carbonyl (C=O) groups excluding carboxylic acids is 1. The molecule has 3 rings (SSSR count). The summed E-state index contributed by atoms with van der Waals surface area (Å²) in [6.07, 6.45) is 0. The van der Waals surface area contributed by atoms with Gasteiger partial charge in [-0.3, -0.25) is 4.79 Å². The molecule has 0 fully saturated rings. The van der Waals surface area contributed by atoms with Crippen molar-refractivity contribution in [2.75, 3.05) is 7.05 Å². The highest BCUT2D eigenvalue weighted by Crippen LogP contribution is 2.34. The molecule has 3 aromatic rings.